The number of carbonyl (C=O) groups is 2. The quantitative estimate of drug-likeness (QED) is 0.496. The van der Waals surface area contributed by atoms with Gasteiger partial charge in [-0.25, -0.2) is 9.78 Å². The van der Waals surface area contributed by atoms with Gasteiger partial charge in [0.2, 0.25) is 5.91 Å². The highest BCUT2D eigenvalue weighted by atomic mass is 32.2. The zero-order valence-electron chi connectivity index (χ0n) is 17.8. The van der Waals surface area contributed by atoms with Crippen molar-refractivity contribution in [2.24, 2.45) is 5.92 Å². The van der Waals surface area contributed by atoms with Gasteiger partial charge in [-0.05, 0) is 37.1 Å². The summed E-state index contributed by atoms with van der Waals surface area (Å²) in [6.45, 7) is 9.10. The van der Waals surface area contributed by atoms with Gasteiger partial charge >= 0.3 is 5.97 Å². The minimum atomic E-state index is -0.359. The Labute approximate surface area is 182 Å². The minimum Gasteiger partial charge on any atom is -0.462 e. The summed E-state index contributed by atoms with van der Waals surface area (Å²) in [7, 11) is 0. The Morgan fingerprint density at radius 3 is 2.33 bits per heavy atom. The fraction of sp³-hybridized carbons (Fsp3) is 0.435. The van der Waals surface area contributed by atoms with E-state index in [0.29, 0.717) is 25.3 Å². The molecule has 3 rings (SSSR count). The lowest BCUT2D eigenvalue weighted by Gasteiger charge is -2.37. The topological polar surface area (TPSA) is 62.7 Å². The molecule has 0 unspecified atom stereocenters. The third kappa shape index (κ3) is 5.53. The highest BCUT2D eigenvalue weighted by Gasteiger charge is 2.30. The molecule has 6 nitrogen and oxygen atoms in total. The van der Waals surface area contributed by atoms with Crippen LogP contribution in [0.15, 0.2) is 53.6 Å². The fourth-order valence-electron chi connectivity index (χ4n) is 3.36. The second-order valence-corrected chi connectivity index (χ2v) is 8.75. The molecule has 30 heavy (non-hydrogen) atoms. The summed E-state index contributed by atoms with van der Waals surface area (Å²) in [5, 5.41) is -0.0964. The first-order chi connectivity index (χ1) is 14.5. The number of anilines is 1. The largest absolute Gasteiger partial charge is 0.462 e. The Balaban J connectivity index is 1.58. The molecule has 0 bridgehead atoms. The normalized spacial score (nSPS) is 15.2. The molecule has 2 heterocycles. The molecule has 2 aromatic rings. The number of carbonyl (C=O) groups excluding carboxylic acids is 2. The SMILES string of the molecule is CCOC(=O)c1ccc(N2CCN(C(=O)[C@H](Sc3ccccc3)C(C)C)CC2)nc1. The lowest BCUT2D eigenvalue weighted by atomic mass is 10.1. The van der Waals surface area contributed by atoms with Gasteiger partial charge in [0.15, 0.2) is 0 Å². The maximum atomic E-state index is 13.2. The van der Waals surface area contributed by atoms with Crippen molar-refractivity contribution in [3.63, 3.8) is 0 Å². The number of aromatic nitrogens is 1. The number of hydrogen-bond donors (Lipinski definition) is 0. The standard InChI is InChI=1S/C23H29N3O3S/c1-4-29-23(28)18-10-11-20(24-16-18)25-12-14-26(15-13-25)22(27)21(17(2)3)30-19-8-6-5-7-9-19/h5-11,16-17,21H,4,12-15H2,1-3H3/t21-/m1/s1. The average molecular weight is 428 g/mol. The monoisotopic (exact) mass is 427 g/mol. The van der Waals surface area contributed by atoms with Crippen LogP contribution >= 0.6 is 11.8 Å². The number of thioether (sulfide) groups is 1. The number of ether oxygens (including phenoxy) is 1. The molecular formula is C23H29N3O3S. The van der Waals surface area contributed by atoms with Crippen molar-refractivity contribution in [2.75, 3.05) is 37.7 Å². The Morgan fingerprint density at radius 2 is 1.77 bits per heavy atom. The number of benzene rings is 1. The molecule has 0 saturated carbocycles. The predicted molar refractivity (Wildman–Crippen MR) is 120 cm³/mol. The first-order valence-corrected chi connectivity index (χ1v) is 11.3. The van der Waals surface area contributed by atoms with Gasteiger partial charge in [0.25, 0.3) is 0 Å². The van der Waals surface area contributed by atoms with Crippen molar-refractivity contribution < 1.29 is 14.3 Å². The molecule has 0 aliphatic carbocycles. The molecule has 1 fully saturated rings. The summed E-state index contributed by atoms with van der Waals surface area (Å²) >= 11 is 1.64. The summed E-state index contributed by atoms with van der Waals surface area (Å²) in [6, 6.07) is 13.7. The van der Waals surface area contributed by atoms with Gasteiger partial charge in [-0.1, -0.05) is 32.0 Å². The van der Waals surface area contributed by atoms with Crippen LogP contribution in [0, 0.1) is 5.92 Å². The molecule has 1 aromatic heterocycles. The lowest BCUT2D eigenvalue weighted by molar-refractivity contribution is -0.131. The van der Waals surface area contributed by atoms with Crippen LogP contribution < -0.4 is 4.90 Å². The first kappa shape index (κ1) is 22.2. The molecule has 1 saturated heterocycles. The van der Waals surface area contributed by atoms with E-state index in [2.05, 4.69) is 35.9 Å². The van der Waals surface area contributed by atoms with E-state index in [1.54, 1.807) is 30.9 Å². The predicted octanol–water partition coefficient (Wildman–Crippen LogP) is 3.72. The molecular weight excluding hydrogens is 398 g/mol. The van der Waals surface area contributed by atoms with Crippen LogP contribution in [0.1, 0.15) is 31.1 Å². The minimum absolute atomic E-state index is 0.0964. The van der Waals surface area contributed by atoms with E-state index in [0.717, 1.165) is 23.8 Å². The maximum Gasteiger partial charge on any atom is 0.339 e. The third-order valence-corrected chi connectivity index (χ3v) is 6.57. The molecule has 1 atom stereocenters. The Hall–Kier alpha value is -2.54. The van der Waals surface area contributed by atoms with E-state index in [-0.39, 0.29) is 23.0 Å². The second-order valence-electron chi connectivity index (χ2n) is 7.53. The molecule has 0 radical (unpaired) electrons. The van der Waals surface area contributed by atoms with E-state index < -0.39 is 0 Å². The summed E-state index contributed by atoms with van der Waals surface area (Å²) in [5.41, 5.74) is 0.451. The van der Waals surface area contributed by atoms with Crippen LogP contribution in [0.25, 0.3) is 0 Å². The van der Waals surface area contributed by atoms with Gasteiger partial charge in [-0.3, -0.25) is 4.79 Å². The van der Waals surface area contributed by atoms with Crippen LogP contribution in [0.5, 0.6) is 0 Å². The van der Waals surface area contributed by atoms with Crippen LogP contribution in [0.2, 0.25) is 0 Å². The molecule has 0 spiro atoms. The van der Waals surface area contributed by atoms with Crippen molar-refractivity contribution in [3.8, 4) is 0 Å². The Morgan fingerprint density at radius 1 is 1.07 bits per heavy atom. The molecule has 7 heteroatoms. The van der Waals surface area contributed by atoms with Crippen molar-refractivity contribution in [2.45, 2.75) is 30.9 Å². The maximum absolute atomic E-state index is 13.2. The van der Waals surface area contributed by atoms with E-state index in [4.69, 9.17) is 4.74 Å². The molecule has 1 aromatic carbocycles. The van der Waals surface area contributed by atoms with Gasteiger partial charge < -0.3 is 14.5 Å². The lowest BCUT2D eigenvalue weighted by Crippen LogP contribution is -2.52. The van der Waals surface area contributed by atoms with E-state index >= 15 is 0 Å². The average Bonchev–Trinajstić information content (AvgIpc) is 2.78. The molecule has 160 valence electrons. The molecule has 1 aliphatic heterocycles. The number of hydrogen-bond acceptors (Lipinski definition) is 6. The molecule has 1 amide bonds. The van der Waals surface area contributed by atoms with Gasteiger partial charge in [-0.15, -0.1) is 11.8 Å². The smallest absolute Gasteiger partial charge is 0.339 e. The highest BCUT2D eigenvalue weighted by Crippen LogP contribution is 2.30. The number of pyridine rings is 1. The third-order valence-electron chi connectivity index (χ3n) is 5.03. The zero-order valence-corrected chi connectivity index (χ0v) is 18.6. The Bertz CT molecular complexity index is 835. The van der Waals surface area contributed by atoms with E-state index in [9.17, 15) is 9.59 Å². The zero-order chi connectivity index (χ0) is 21.5. The first-order valence-electron chi connectivity index (χ1n) is 10.4. The second kappa shape index (κ2) is 10.5. The highest BCUT2D eigenvalue weighted by molar-refractivity contribution is 8.00. The van der Waals surface area contributed by atoms with Crippen LogP contribution in [0.3, 0.4) is 0 Å². The van der Waals surface area contributed by atoms with Crippen molar-refractivity contribution >= 4 is 29.5 Å². The van der Waals surface area contributed by atoms with Crippen molar-refractivity contribution in [1.82, 2.24) is 9.88 Å². The number of rotatable bonds is 7. The van der Waals surface area contributed by atoms with Crippen LogP contribution in [-0.2, 0) is 9.53 Å². The van der Waals surface area contributed by atoms with Gasteiger partial charge in [0, 0.05) is 37.3 Å². The summed E-state index contributed by atoms with van der Waals surface area (Å²) in [6.07, 6.45) is 1.55. The summed E-state index contributed by atoms with van der Waals surface area (Å²) < 4.78 is 5.00. The molecule has 0 N–H and O–H groups in total. The van der Waals surface area contributed by atoms with Gasteiger partial charge in [0.05, 0.1) is 17.4 Å². The number of nitrogens with zero attached hydrogens (tertiary/aromatic N) is 3. The van der Waals surface area contributed by atoms with Crippen LogP contribution in [-0.4, -0.2) is 59.8 Å². The summed E-state index contributed by atoms with van der Waals surface area (Å²) in [4.78, 5) is 34.6. The molecule has 1 aliphatic rings. The number of piperazine rings is 1. The van der Waals surface area contributed by atoms with Crippen molar-refractivity contribution in [1.29, 1.82) is 0 Å². The van der Waals surface area contributed by atoms with Crippen LogP contribution in [0.4, 0.5) is 5.82 Å². The summed E-state index contributed by atoms with van der Waals surface area (Å²) in [5.74, 6) is 0.902. The number of esters is 1. The fourth-order valence-corrected chi connectivity index (χ4v) is 4.49. The van der Waals surface area contributed by atoms with Gasteiger partial charge in [-0.2, -0.15) is 0 Å². The Kier molecular flexibility index (Phi) is 7.74. The van der Waals surface area contributed by atoms with E-state index in [1.807, 2.05) is 29.2 Å². The van der Waals surface area contributed by atoms with Gasteiger partial charge in [0.1, 0.15) is 5.82 Å². The number of amides is 1. The van der Waals surface area contributed by atoms with Crippen molar-refractivity contribution in [3.05, 3.63) is 54.2 Å². The van der Waals surface area contributed by atoms with E-state index in [1.165, 1.54) is 0 Å².